The number of alkyl halides is 3. The fourth-order valence-corrected chi connectivity index (χ4v) is 5.17. The van der Waals surface area contributed by atoms with Gasteiger partial charge >= 0.3 is 12.2 Å². The van der Waals surface area contributed by atoms with E-state index in [1.165, 1.54) is 19.3 Å². The lowest BCUT2D eigenvalue weighted by atomic mass is 9.94. The van der Waals surface area contributed by atoms with Crippen molar-refractivity contribution in [1.29, 1.82) is 0 Å². The van der Waals surface area contributed by atoms with Crippen molar-refractivity contribution in [2.24, 2.45) is 4.99 Å². The van der Waals surface area contributed by atoms with Crippen molar-refractivity contribution in [3.63, 3.8) is 0 Å². The maximum absolute atomic E-state index is 13.8. The van der Waals surface area contributed by atoms with Crippen LogP contribution in [-0.2, 0) is 11.0 Å². The summed E-state index contributed by atoms with van der Waals surface area (Å²) in [4.78, 5) is 26.8. The number of fused-ring (bicyclic) bond motifs is 1. The Labute approximate surface area is 249 Å². The molecule has 1 atom stereocenters. The Morgan fingerprint density at radius 1 is 0.909 bits per heavy atom. The fourth-order valence-electron chi connectivity index (χ4n) is 5.17. The van der Waals surface area contributed by atoms with Gasteiger partial charge in [0.25, 0.3) is 11.8 Å². The third-order valence-electron chi connectivity index (χ3n) is 7.48. The van der Waals surface area contributed by atoms with Crippen molar-refractivity contribution in [2.45, 2.75) is 38.0 Å². The number of rotatable bonds is 6. The van der Waals surface area contributed by atoms with E-state index in [1.807, 2.05) is 48.5 Å². The van der Waals surface area contributed by atoms with Crippen molar-refractivity contribution in [3.8, 4) is 22.6 Å². The summed E-state index contributed by atoms with van der Waals surface area (Å²) in [6.45, 7) is 1.54. The summed E-state index contributed by atoms with van der Waals surface area (Å²) in [6, 6.07) is 18.7. The minimum Gasteiger partial charge on any atom is -0.403 e. The van der Waals surface area contributed by atoms with Crippen LogP contribution in [0.1, 0.15) is 46.8 Å². The summed E-state index contributed by atoms with van der Waals surface area (Å²) in [6.07, 6.45) is -0.709. The fraction of sp³-hybridized carbons (Fsp3) is 0.188. The number of aryl methyl sites for hydroxylation is 1. The summed E-state index contributed by atoms with van der Waals surface area (Å²) < 4.78 is 47.4. The van der Waals surface area contributed by atoms with E-state index in [-0.39, 0.29) is 29.0 Å². The predicted molar refractivity (Wildman–Crippen MR) is 157 cm³/mol. The molecular formula is C32H24F3N7O2. The first kappa shape index (κ1) is 27.4. The minimum atomic E-state index is -4.58. The first-order chi connectivity index (χ1) is 21.2. The van der Waals surface area contributed by atoms with Gasteiger partial charge in [0.1, 0.15) is 5.82 Å². The minimum absolute atomic E-state index is 0.0374. The standard InChI is InChI=1S/C32H24F3N7O2/c1-17-13-21(32(33,34)35)14-23(20-15-36-27(37-16-20)19-11-12-19)25(17)30-41-42-31(44-30)40-28-29(43)38-24-10-6-5-9-22(24)26(39-28)18-7-3-2-4-8-18/h2-10,13-16,19,28H,11-12H2,1H3,(H,38,43)(H,40,42)/t28-/m1/s1. The summed E-state index contributed by atoms with van der Waals surface area (Å²) in [5, 5.41) is 14.0. The molecule has 44 heavy (non-hydrogen) atoms. The number of anilines is 2. The van der Waals surface area contributed by atoms with Gasteiger partial charge < -0.3 is 15.1 Å². The molecule has 1 aliphatic carbocycles. The van der Waals surface area contributed by atoms with E-state index in [9.17, 15) is 18.0 Å². The number of halogens is 3. The summed E-state index contributed by atoms with van der Waals surface area (Å²) in [5.74, 6) is 0.463. The highest BCUT2D eigenvalue weighted by molar-refractivity contribution is 6.19. The Hall–Kier alpha value is -5.39. The molecule has 0 radical (unpaired) electrons. The van der Waals surface area contributed by atoms with Gasteiger partial charge in [-0.25, -0.2) is 15.0 Å². The normalized spacial score (nSPS) is 16.5. The first-order valence-corrected chi connectivity index (χ1v) is 13.9. The number of aromatic nitrogens is 4. The Balaban J connectivity index is 1.26. The SMILES string of the molecule is Cc1cc(C(F)(F)F)cc(-c2cnc(C3CC3)nc2)c1-c1nnc(N[C@H]2N=C(c3ccccc3)c3ccccc3NC2=O)o1. The van der Waals surface area contributed by atoms with Gasteiger partial charge in [-0.3, -0.25) is 4.79 Å². The van der Waals surface area contributed by atoms with E-state index in [0.29, 0.717) is 28.4 Å². The number of para-hydroxylation sites is 1. The number of nitrogens with one attached hydrogen (secondary N) is 2. The van der Waals surface area contributed by atoms with Gasteiger partial charge in [0.15, 0.2) is 0 Å². The van der Waals surface area contributed by atoms with Crippen LogP contribution in [0.5, 0.6) is 0 Å². The maximum Gasteiger partial charge on any atom is 0.416 e. The van der Waals surface area contributed by atoms with E-state index < -0.39 is 23.8 Å². The maximum atomic E-state index is 13.8. The molecule has 5 aromatic rings. The predicted octanol–water partition coefficient (Wildman–Crippen LogP) is 6.63. The topological polar surface area (TPSA) is 118 Å². The number of aliphatic imine (C=N–C) groups is 1. The second-order valence-corrected chi connectivity index (χ2v) is 10.7. The van der Waals surface area contributed by atoms with Crippen LogP contribution in [-0.4, -0.2) is 37.9 Å². The molecule has 3 aromatic carbocycles. The molecule has 0 unspecified atom stereocenters. The van der Waals surface area contributed by atoms with Crippen LogP contribution in [0.4, 0.5) is 24.9 Å². The number of benzodiazepines with no additional fused rings is 1. The largest absolute Gasteiger partial charge is 0.416 e. The lowest BCUT2D eigenvalue weighted by Crippen LogP contribution is -2.32. The average molecular weight is 596 g/mol. The van der Waals surface area contributed by atoms with Crippen LogP contribution in [0, 0.1) is 6.92 Å². The molecule has 2 N–H and O–H groups in total. The number of amides is 1. The van der Waals surface area contributed by atoms with Gasteiger partial charge in [0, 0.05) is 40.6 Å². The van der Waals surface area contributed by atoms with Crippen LogP contribution in [0.3, 0.4) is 0 Å². The molecule has 220 valence electrons. The number of carbonyl (C=O) groups excluding carboxylic acids is 1. The van der Waals surface area contributed by atoms with Crippen LogP contribution < -0.4 is 10.6 Å². The second kappa shape index (κ2) is 10.7. The van der Waals surface area contributed by atoms with Crippen molar-refractivity contribution in [3.05, 3.63) is 107 Å². The highest BCUT2D eigenvalue weighted by atomic mass is 19.4. The zero-order valence-electron chi connectivity index (χ0n) is 23.3. The molecule has 12 heteroatoms. The quantitative estimate of drug-likeness (QED) is 0.226. The van der Waals surface area contributed by atoms with Crippen molar-refractivity contribution in [1.82, 2.24) is 20.2 Å². The van der Waals surface area contributed by atoms with E-state index in [4.69, 9.17) is 9.41 Å². The smallest absolute Gasteiger partial charge is 0.403 e. The van der Waals surface area contributed by atoms with Gasteiger partial charge in [-0.2, -0.15) is 13.2 Å². The van der Waals surface area contributed by atoms with E-state index in [2.05, 4.69) is 30.8 Å². The number of nitrogens with zero attached hydrogens (tertiary/aromatic N) is 5. The molecule has 1 saturated carbocycles. The Morgan fingerprint density at radius 2 is 1.64 bits per heavy atom. The highest BCUT2D eigenvalue weighted by Crippen LogP contribution is 2.41. The highest BCUT2D eigenvalue weighted by Gasteiger charge is 2.34. The second-order valence-electron chi connectivity index (χ2n) is 10.7. The summed E-state index contributed by atoms with van der Waals surface area (Å²) >= 11 is 0. The van der Waals surface area contributed by atoms with E-state index >= 15 is 0 Å². The number of hydrogen-bond acceptors (Lipinski definition) is 8. The Kier molecular flexibility index (Phi) is 6.68. The zero-order chi connectivity index (χ0) is 30.4. The average Bonchev–Trinajstić information content (AvgIpc) is 3.79. The third kappa shape index (κ3) is 5.30. The van der Waals surface area contributed by atoms with Crippen molar-refractivity contribution >= 4 is 23.3 Å². The molecular weight excluding hydrogens is 571 g/mol. The van der Waals surface area contributed by atoms with Crippen LogP contribution in [0.15, 0.2) is 88.5 Å². The zero-order valence-corrected chi connectivity index (χ0v) is 23.3. The molecule has 0 saturated heterocycles. The summed E-state index contributed by atoms with van der Waals surface area (Å²) in [5.41, 5.74) is 3.03. The van der Waals surface area contributed by atoms with Crippen LogP contribution in [0.2, 0.25) is 0 Å². The van der Waals surface area contributed by atoms with E-state index in [1.54, 1.807) is 6.07 Å². The number of benzene rings is 3. The molecule has 2 aromatic heterocycles. The van der Waals surface area contributed by atoms with Crippen LogP contribution in [0.25, 0.3) is 22.6 Å². The Morgan fingerprint density at radius 3 is 2.36 bits per heavy atom. The monoisotopic (exact) mass is 595 g/mol. The van der Waals surface area contributed by atoms with Gasteiger partial charge in [-0.1, -0.05) is 53.6 Å². The van der Waals surface area contributed by atoms with Gasteiger partial charge in [-0.05, 0) is 49.1 Å². The lowest BCUT2D eigenvalue weighted by Gasteiger charge is -2.15. The molecule has 2 aliphatic rings. The van der Waals surface area contributed by atoms with Gasteiger partial charge in [0.2, 0.25) is 6.17 Å². The Bertz CT molecular complexity index is 1900. The number of hydrogen-bond donors (Lipinski definition) is 2. The molecule has 3 heterocycles. The summed E-state index contributed by atoms with van der Waals surface area (Å²) in [7, 11) is 0. The lowest BCUT2D eigenvalue weighted by molar-refractivity contribution is -0.137. The van der Waals surface area contributed by atoms with Crippen molar-refractivity contribution < 1.29 is 22.4 Å². The molecule has 9 nitrogen and oxygen atoms in total. The van der Waals surface area contributed by atoms with Gasteiger partial charge in [-0.15, -0.1) is 5.10 Å². The third-order valence-corrected chi connectivity index (χ3v) is 7.48. The van der Waals surface area contributed by atoms with Crippen molar-refractivity contribution in [2.75, 3.05) is 10.6 Å². The molecule has 0 spiro atoms. The molecule has 1 amide bonds. The van der Waals surface area contributed by atoms with Crippen LogP contribution >= 0.6 is 0 Å². The molecule has 0 bridgehead atoms. The molecule has 1 fully saturated rings. The number of carbonyl (C=O) groups is 1. The van der Waals surface area contributed by atoms with E-state index in [0.717, 1.165) is 36.1 Å². The first-order valence-electron chi connectivity index (χ1n) is 13.9. The van der Waals surface area contributed by atoms with Gasteiger partial charge in [0.05, 0.1) is 17.0 Å². The molecule has 7 rings (SSSR count). The molecule has 1 aliphatic heterocycles.